The first-order chi connectivity index (χ1) is 5.56. The Morgan fingerprint density at radius 3 is 2.58 bits per heavy atom. The lowest BCUT2D eigenvalue weighted by atomic mass is 9.84. The maximum absolute atomic E-state index is 11.0. The van der Waals surface area contributed by atoms with Crippen LogP contribution in [0.15, 0.2) is 0 Å². The lowest BCUT2D eigenvalue weighted by Gasteiger charge is -2.19. The predicted octanol–water partition coefficient (Wildman–Crippen LogP) is 1.78. The van der Waals surface area contributed by atoms with E-state index in [9.17, 15) is 4.79 Å². The molecule has 68 valence electrons. The molecule has 0 radical (unpaired) electrons. The standard InChI is InChI=1S/C10H16O2/c1-7(2)8-4-5-9(3)10(8,6-11)12-9/h6-8H,4-5H2,1-3H3. The number of fused-ring (bicyclic) bond motifs is 1. The molecule has 1 heterocycles. The van der Waals surface area contributed by atoms with Crippen molar-refractivity contribution in [3.8, 4) is 0 Å². The summed E-state index contributed by atoms with van der Waals surface area (Å²) in [6.45, 7) is 6.40. The van der Waals surface area contributed by atoms with Crippen LogP contribution in [0.2, 0.25) is 0 Å². The second-order valence-corrected chi connectivity index (χ2v) is 4.63. The first kappa shape index (κ1) is 8.24. The van der Waals surface area contributed by atoms with Gasteiger partial charge in [0.2, 0.25) is 0 Å². The van der Waals surface area contributed by atoms with Gasteiger partial charge >= 0.3 is 0 Å². The zero-order valence-corrected chi connectivity index (χ0v) is 7.96. The van der Waals surface area contributed by atoms with E-state index in [1.54, 1.807) is 0 Å². The van der Waals surface area contributed by atoms with Crippen LogP contribution in [0.1, 0.15) is 33.6 Å². The molecule has 2 nitrogen and oxygen atoms in total. The number of carbonyl (C=O) groups excluding carboxylic acids is 1. The molecule has 0 spiro atoms. The summed E-state index contributed by atoms with van der Waals surface area (Å²) in [4.78, 5) is 11.0. The molecule has 1 saturated heterocycles. The van der Waals surface area contributed by atoms with Gasteiger partial charge in [-0.1, -0.05) is 13.8 Å². The van der Waals surface area contributed by atoms with E-state index < -0.39 is 5.60 Å². The monoisotopic (exact) mass is 168 g/mol. The molecule has 2 aliphatic rings. The van der Waals surface area contributed by atoms with Gasteiger partial charge in [0.05, 0.1) is 0 Å². The van der Waals surface area contributed by atoms with Gasteiger partial charge in [-0.15, -0.1) is 0 Å². The summed E-state index contributed by atoms with van der Waals surface area (Å²) in [5.74, 6) is 1.000. The van der Waals surface area contributed by atoms with Crippen molar-refractivity contribution in [2.24, 2.45) is 11.8 Å². The summed E-state index contributed by atoms with van der Waals surface area (Å²) in [5.41, 5.74) is -0.509. The maximum Gasteiger partial charge on any atom is 0.155 e. The Kier molecular flexibility index (Phi) is 1.45. The van der Waals surface area contributed by atoms with Crippen LogP contribution in [-0.4, -0.2) is 17.5 Å². The molecule has 0 aromatic rings. The molecule has 2 heteroatoms. The summed E-state index contributed by atoms with van der Waals surface area (Å²) in [6, 6.07) is 0. The normalized spacial score (nSPS) is 50.8. The van der Waals surface area contributed by atoms with E-state index in [-0.39, 0.29) is 5.60 Å². The molecule has 1 saturated carbocycles. The molecule has 0 amide bonds. The quantitative estimate of drug-likeness (QED) is 0.464. The Balaban J connectivity index is 2.25. The first-order valence-electron chi connectivity index (χ1n) is 4.72. The van der Waals surface area contributed by atoms with Crippen molar-refractivity contribution < 1.29 is 9.53 Å². The van der Waals surface area contributed by atoms with Gasteiger partial charge < -0.3 is 4.74 Å². The summed E-state index contributed by atoms with van der Waals surface area (Å²) in [7, 11) is 0. The van der Waals surface area contributed by atoms with Crippen molar-refractivity contribution in [1.29, 1.82) is 0 Å². The van der Waals surface area contributed by atoms with Crippen LogP contribution in [-0.2, 0) is 9.53 Å². The molecule has 1 aliphatic heterocycles. The minimum atomic E-state index is -0.402. The topological polar surface area (TPSA) is 29.6 Å². The SMILES string of the molecule is CC(C)C1CCC2(C)OC12C=O. The van der Waals surface area contributed by atoms with Crippen LogP contribution in [0.5, 0.6) is 0 Å². The second kappa shape index (κ2) is 2.11. The third-order valence-corrected chi connectivity index (χ3v) is 3.64. The molecule has 3 atom stereocenters. The number of hydrogen-bond acceptors (Lipinski definition) is 2. The van der Waals surface area contributed by atoms with Crippen LogP contribution in [0.25, 0.3) is 0 Å². The van der Waals surface area contributed by atoms with Gasteiger partial charge in [0.25, 0.3) is 0 Å². The van der Waals surface area contributed by atoms with Crippen molar-refractivity contribution in [2.45, 2.75) is 44.8 Å². The van der Waals surface area contributed by atoms with Crippen molar-refractivity contribution in [2.75, 3.05) is 0 Å². The smallest absolute Gasteiger partial charge is 0.155 e. The highest BCUT2D eigenvalue weighted by Gasteiger charge is 2.74. The largest absolute Gasteiger partial charge is 0.355 e. The highest BCUT2D eigenvalue weighted by atomic mass is 16.6. The molecule has 2 rings (SSSR count). The Labute approximate surface area is 73.3 Å². The summed E-state index contributed by atoms with van der Waals surface area (Å²) < 4.78 is 5.58. The third-order valence-electron chi connectivity index (χ3n) is 3.64. The molecule has 0 aromatic carbocycles. The van der Waals surface area contributed by atoms with Gasteiger partial charge in [0.15, 0.2) is 11.9 Å². The molecule has 0 aromatic heterocycles. The van der Waals surface area contributed by atoms with Crippen molar-refractivity contribution in [3.05, 3.63) is 0 Å². The van der Waals surface area contributed by atoms with E-state index in [4.69, 9.17) is 4.74 Å². The fraction of sp³-hybridized carbons (Fsp3) is 0.900. The lowest BCUT2D eigenvalue weighted by molar-refractivity contribution is -0.114. The van der Waals surface area contributed by atoms with Crippen molar-refractivity contribution >= 4 is 6.29 Å². The molecule has 0 bridgehead atoms. The Hall–Kier alpha value is -0.370. The van der Waals surface area contributed by atoms with E-state index in [2.05, 4.69) is 20.8 Å². The van der Waals surface area contributed by atoms with Gasteiger partial charge in [-0.3, -0.25) is 4.79 Å². The fourth-order valence-electron chi connectivity index (χ4n) is 2.77. The van der Waals surface area contributed by atoms with E-state index in [1.165, 1.54) is 0 Å². The molecule has 3 unspecified atom stereocenters. The number of aldehydes is 1. The minimum Gasteiger partial charge on any atom is -0.355 e. The van der Waals surface area contributed by atoms with Crippen molar-refractivity contribution in [3.63, 3.8) is 0 Å². The van der Waals surface area contributed by atoms with Gasteiger partial charge in [-0.2, -0.15) is 0 Å². The second-order valence-electron chi connectivity index (χ2n) is 4.63. The maximum atomic E-state index is 11.0. The van der Waals surface area contributed by atoms with E-state index in [0.717, 1.165) is 19.1 Å². The number of carbonyl (C=O) groups is 1. The van der Waals surface area contributed by atoms with Crippen LogP contribution in [0.3, 0.4) is 0 Å². The Bertz CT molecular complexity index is 224. The van der Waals surface area contributed by atoms with Gasteiger partial charge in [-0.05, 0) is 25.7 Å². The molecule has 0 N–H and O–H groups in total. The zero-order chi connectivity index (χ0) is 8.98. The van der Waals surface area contributed by atoms with Gasteiger partial charge in [0.1, 0.15) is 5.60 Å². The highest BCUT2D eigenvalue weighted by molar-refractivity contribution is 5.71. The fourth-order valence-corrected chi connectivity index (χ4v) is 2.77. The van der Waals surface area contributed by atoms with Crippen LogP contribution < -0.4 is 0 Å². The third kappa shape index (κ3) is 0.717. The Morgan fingerprint density at radius 1 is 1.58 bits per heavy atom. The molecule has 12 heavy (non-hydrogen) atoms. The number of epoxide rings is 1. The first-order valence-corrected chi connectivity index (χ1v) is 4.72. The molecular formula is C10H16O2. The number of rotatable bonds is 2. The molecule has 2 fully saturated rings. The predicted molar refractivity (Wildman–Crippen MR) is 45.8 cm³/mol. The minimum absolute atomic E-state index is 0.107. The van der Waals surface area contributed by atoms with Crippen LogP contribution in [0.4, 0.5) is 0 Å². The van der Waals surface area contributed by atoms with E-state index in [0.29, 0.717) is 11.8 Å². The van der Waals surface area contributed by atoms with Gasteiger partial charge in [0, 0.05) is 5.92 Å². The average molecular weight is 168 g/mol. The summed E-state index contributed by atoms with van der Waals surface area (Å²) >= 11 is 0. The zero-order valence-electron chi connectivity index (χ0n) is 7.96. The number of ether oxygens (including phenoxy) is 1. The average Bonchev–Trinajstić information content (AvgIpc) is 2.49. The van der Waals surface area contributed by atoms with Crippen molar-refractivity contribution in [1.82, 2.24) is 0 Å². The highest BCUT2D eigenvalue weighted by Crippen LogP contribution is 2.62. The summed E-state index contributed by atoms with van der Waals surface area (Å²) in [5, 5.41) is 0. The lowest BCUT2D eigenvalue weighted by Crippen LogP contribution is -2.30. The summed E-state index contributed by atoms with van der Waals surface area (Å²) in [6.07, 6.45) is 3.23. The molecule has 1 aliphatic carbocycles. The van der Waals surface area contributed by atoms with Crippen LogP contribution in [0, 0.1) is 11.8 Å². The Morgan fingerprint density at radius 2 is 2.25 bits per heavy atom. The van der Waals surface area contributed by atoms with E-state index in [1.807, 2.05) is 0 Å². The van der Waals surface area contributed by atoms with Crippen LogP contribution >= 0.6 is 0 Å². The van der Waals surface area contributed by atoms with Gasteiger partial charge in [-0.25, -0.2) is 0 Å². The molecular weight excluding hydrogens is 152 g/mol. The number of hydrogen-bond donors (Lipinski definition) is 0. The van der Waals surface area contributed by atoms with E-state index >= 15 is 0 Å².